The van der Waals surface area contributed by atoms with Crippen LogP contribution < -0.4 is 10.1 Å². The third-order valence-corrected chi connectivity index (χ3v) is 4.05. The van der Waals surface area contributed by atoms with Gasteiger partial charge in [0.05, 0.1) is 7.11 Å². The fourth-order valence-electron chi connectivity index (χ4n) is 2.50. The molecule has 1 aromatic rings. The highest BCUT2D eigenvalue weighted by Crippen LogP contribution is 2.39. The number of aryl methyl sites for hydroxylation is 1. The molecule has 0 aliphatic heterocycles. The number of hydrogen-bond donors (Lipinski definition) is 2. The van der Waals surface area contributed by atoms with Crippen molar-refractivity contribution in [1.29, 1.82) is 0 Å². The van der Waals surface area contributed by atoms with Crippen LogP contribution in [0.5, 0.6) is 5.75 Å². The summed E-state index contributed by atoms with van der Waals surface area (Å²) >= 11 is 0. The van der Waals surface area contributed by atoms with Crippen LogP contribution in [0.3, 0.4) is 0 Å². The van der Waals surface area contributed by atoms with Gasteiger partial charge in [-0.15, -0.1) is 0 Å². The average molecular weight is 291 g/mol. The first-order valence-electron chi connectivity index (χ1n) is 7.13. The van der Waals surface area contributed by atoms with Gasteiger partial charge in [0.15, 0.2) is 0 Å². The minimum Gasteiger partial charge on any atom is -0.496 e. The second-order valence-corrected chi connectivity index (χ2v) is 5.64. The van der Waals surface area contributed by atoms with Gasteiger partial charge in [0.25, 0.3) is 0 Å². The Balaban J connectivity index is 1.94. The molecule has 0 heterocycles. The Morgan fingerprint density at radius 1 is 1.38 bits per heavy atom. The summed E-state index contributed by atoms with van der Waals surface area (Å²) in [5, 5.41) is 12.0. The Labute approximate surface area is 124 Å². The molecule has 1 unspecified atom stereocenters. The SMILES string of the molecule is COc1ccccc1CCC(=O)NC(C)(C(=O)O)C1CC1. The van der Waals surface area contributed by atoms with E-state index < -0.39 is 11.5 Å². The third kappa shape index (κ3) is 3.54. The van der Waals surface area contributed by atoms with E-state index in [1.54, 1.807) is 14.0 Å². The number of methoxy groups -OCH3 is 1. The summed E-state index contributed by atoms with van der Waals surface area (Å²) in [7, 11) is 1.59. The van der Waals surface area contributed by atoms with Gasteiger partial charge in [-0.05, 0) is 43.7 Å². The van der Waals surface area contributed by atoms with E-state index in [1.807, 2.05) is 24.3 Å². The zero-order valence-corrected chi connectivity index (χ0v) is 12.4. The van der Waals surface area contributed by atoms with Gasteiger partial charge >= 0.3 is 5.97 Å². The van der Waals surface area contributed by atoms with Gasteiger partial charge in [-0.1, -0.05) is 18.2 Å². The Morgan fingerprint density at radius 3 is 2.62 bits per heavy atom. The van der Waals surface area contributed by atoms with Gasteiger partial charge in [-0.25, -0.2) is 4.79 Å². The van der Waals surface area contributed by atoms with Crippen LogP contribution >= 0.6 is 0 Å². The van der Waals surface area contributed by atoms with E-state index in [1.165, 1.54) is 0 Å². The number of carboxylic acid groups (broad SMARTS) is 1. The highest BCUT2D eigenvalue weighted by atomic mass is 16.5. The number of carbonyl (C=O) groups is 2. The van der Waals surface area contributed by atoms with Crippen molar-refractivity contribution >= 4 is 11.9 Å². The van der Waals surface area contributed by atoms with E-state index >= 15 is 0 Å². The van der Waals surface area contributed by atoms with Crippen LogP contribution in [0.1, 0.15) is 31.7 Å². The lowest BCUT2D eigenvalue weighted by Crippen LogP contribution is -2.54. The molecular formula is C16H21NO4. The maximum Gasteiger partial charge on any atom is 0.329 e. The van der Waals surface area contributed by atoms with Gasteiger partial charge in [-0.2, -0.15) is 0 Å². The number of carbonyl (C=O) groups excluding carboxylic acids is 1. The van der Waals surface area contributed by atoms with Crippen molar-refractivity contribution in [2.24, 2.45) is 5.92 Å². The summed E-state index contributed by atoms with van der Waals surface area (Å²) in [6.07, 6.45) is 2.48. The molecule has 1 fully saturated rings. The number of nitrogens with one attached hydrogen (secondary N) is 1. The molecule has 114 valence electrons. The second kappa shape index (κ2) is 6.16. The van der Waals surface area contributed by atoms with Gasteiger partial charge in [0.1, 0.15) is 11.3 Å². The molecule has 1 saturated carbocycles. The molecular weight excluding hydrogens is 270 g/mol. The van der Waals surface area contributed by atoms with Crippen LogP contribution in [0, 0.1) is 5.92 Å². The van der Waals surface area contributed by atoms with Crippen LogP contribution in [0.15, 0.2) is 24.3 Å². The van der Waals surface area contributed by atoms with E-state index in [2.05, 4.69) is 5.32 Å². The standard InChI is InChI=1S/C16H21NO4/c1-16(15(19)20,12-8-9-12)17-14(18)10-7-11-5-3-4-6-13(11)21-2/h3-6,12H,7-10H2,1-2H3,(H,17,18)(H,19,20). The normalized spacial score (nSPS) is 16.9. The molecule has 1 atom stereocenters. The summed E-state index contributed by atoms with van der Waals surface area (Å²) in [6, 6.07) is 7.51. The molecule has 1 aliphatic carbocycles. The quantitative estimate of drug-likeness (QED) is 0.805. The largest absolute Gasteiger partial charge is 0.496 e. The minimum absolute atomic E-state index is 0.0465. The molecule has 0 bridgehead atoms. The maximum absolute atomic E-state index is 12.1. The molecule has 5 heteroatoms. The van der Waals surface area contributed by atoms with Gasteiger partial charge in [0.2, 0.25) is 5.91 Å². The molecule has 5 nitrogen and oxygen atoms in total. The van der Waals surface area contributed by atoms with Crippen LogP contribution in [-0.2, 0) is 16.0 Å². The Hall–Kier alpha value is -2.04. The lowest BCUT2D eigenvalue weighted by atomic mass is 9.95. The van der Waals surface area contributed by atoms with Gasteiger partial charge in [0, 0.05) is 6.42 Å². The molecule has 0 saturated heterocycles. The molecule has 0 aromatic heterocycles. The van der Waals surface area contributed by atoms with E-state index in [9.17, 15) is 14.7 Å². The smallest absolute Gasteiger partial charge is 0.329 e. The topological polar surface area (TPSA) is 75.6 Å². The number of ether oxygens (including phenoxy) is 1. The Morgan fingerprint density at radius 2 is 2.05 bits per heavy atom. The molecule has 1 amide bonds. The number of benzene rings is 1. The van der Waals surface area contributed by atoms with Crippen molar-refractivity contribution in [2.75, 3.05) is 7.11 Å². The number of rotatable bonds is 7. The molecule has 0 radical (unpaired) electrons. The lowest BCUT2D eigenvalue weighted by molar-refractivity contribution is -0.147. The predicted octanol–water partition coefficient (Wildman–Crippen LogP) is 2.00. The number of amides is 1. The Bertz CT molecular complexity index is 539. The van der Waals surface area contributed by atoms with E-state index in [0.29, 0.717) is 6.42 Å². The molecule has 21 heavy (non-hydrogen) atoms. The molecule has 1 aliphatic rings. The predicted molar refractivity (Wildman–Crippen MR) is 78.2 cm³/mol. The molecule has 2 rings (SSSR count). The van der Waals surface area contributed by atoms with Crippen LogP contribution in [0.4, 0.5) is 0 Å². The monoisotopic (exact) mass is 291 g/mol. The highest BCUT2D eigenvalue weighted by Gasteiger charge is 2.48. The first kappa shape index (κ1) is 15.4. The van der Waals surface area contributed by atoms with Crippen LogP contribution in [-0.4, -0.2) is 29.6 Å². The minimum atomic E-state index is -1.14. The average Bonchev–Trinajstić information content (AvgIpc) is 3.30. The third-order valence-electron chi connectivity index (χ3n) is 4.05. The second-order valence-electron chi connectivity index (χ2n) is 5.64. The molecule has 2 N–H and O–H groups in total. The summed E-state index contributed by atoms with van der Waals surface area (Å²) in [5.74, 6) is -0.410. The molecule has 1 aromatic carbocycles. The van der Waals surface area contributed by atoms with E-state index in [0.717, 1.165) is 24.2 Å². The van der Waals surface area contributed by atoms with Gasteiger partial charge in [-0.3, -0.25) is 4.79 Å². The zero-order valence-electron chi connectivity index (χ0n) is 12.4. The summed E-state index contributed by atoms with van der Waals surface area (Å²) in [5.41, 5.74) is -0.198. The van der Waals surface area contributed by atoms with Crippen molar-refractivity contribution in [3.05, 3.63) is 29.8 Å². The Kier molecular flexibility index (Phi) is 4.50. The number of carboxylic acids is 1. The van der Waals surface area contributed by atoms with E-state index in [4.69, 9.17) is 4.74 Å². The summed E-state index contributed by atoms with van der Waals surface area (Å²) < 4.78 is 5.24. The van der Waals surface area contributed by atoms with Crippen molar-refractivity contribution in [3.8, 4) is 5.75 Å². The van der Waals surface area contributed by atoms with Crippen molar-refractivity contribution in [1.82, 2.24) is 5.32 Å². The van der Waals surface area contributed by atoms with Crippen LogP contribution in [0.2, 0.25) is 0 Å². The zero-order chi connectivity index (χ0) is 15.5. The summed E-state index contributed by atoms with van der Waals surface area (Å²) in [6.45, 7) is 1.59. The maximum atomic E-state index is 12.1. The van der Waals surface area contributed by atoms with Gasteiger partial charge < -0.3 is 15.2 Å². The van der Waals surface area contributed by atoms with Crippen LogP contribution in [0.25, 0.3) is 0 Å². The molecule has 0 spiro atoms. The highest BCUT2D eigenvalue weighted by molar-refractivity contribution is 5.87. The fourth-order valence-corrected chi connectivity index (χ4v) is 2.50. The summed E-state index contributed by atoms with van der Waals surface area (Å²) in [4.78, 5) is 23.4. The van der Waals surface area contributed by atoms with Crippen molar-refractivity contribution in [2.45, 2.75) is 38.1 Å². The number of aliphatic carboxylic acids is 1. The van der Waals surface area contributed by atoms with E-state index in [-0.39, 0.29) is 18.2 Å². The first-order valence-corrected chi connectivity index (χ1v) is 7.13. The first-order chi connectivity index (χ1) is 9.97. The lowest BCUT2D eigenvalue weighted by Gasteiger charge is -2.26. The number of para-hydroxylation sites is 1. The number of hydrogen-bond acceptors (Lipinski definition) is 3. The fraction of sp³-hybridized carbons (Fsp3) is 0.500. The van der Waals surface area contributed by atoms with Crippen molar-refractivity contribution < 1.29 is 19.4 Å². The van der Waals surface area contributed by atoms with Crippen molar-refractivity contribution in [3.63, 3.8) is 0 Å².